The molecule has 0 saturated heterocycles. The minimum Gasteiger partial charge on any atom is -0.356 e. The first kappa shape index (κ1) is 18.0. The number of aromatic nitrogens is 4. The first-order chi connectivity index (χ1) is 12.5. The molecule has 0 atom stereocenters. The van der Waals surface area contributed by atoms with E-state index in [2.05, 4.69) is 22.3 Å². The topological polar surface area (TPSA) is 72.7 Å². The van der Waals surface area contributed by atoms with Crippen LogP contribution in [0.3, 0.4) is 0 Å². The lowest BCUT2D eigenvalue weighted by Gasteiger charge is -2.11. The maximum absolute atomic E-state index is 12.2. The molecule has 0 radical (unpaired) electrons. The Morgan fingerprint density at radius 2 is 2.00 bits per heavy atom. The Bertz CT molecular complexity index is 931. The van der Waals surface area contributed by atoms with Crippen molar-refractivity contribution in [2.45, 2.75) is 40.0 Å². The van der Waals surface area contributed by atoms with E-state index in [-0.39, 0.29) is 5.91 Å². The zero-order chi connectivity index (χ0) is 18.7. The molecule has 6 heteroatoms. The summed E-state index contributed by atoms with van der Waals surface area (Å²) in [5.41, 5.74) is 6.32. The molecule has 0 saturated carbocycles. The van der Waals surface area contributed by atoms with E-state index in [1.54, 1.807) is 6.20 Å². The molecule has 3 aromatic heterocycles. The number of hydrogen-bond acceptors (Lipinski definition) is 4. The van der Waals surface area contributed by atoms with Gasteiger partial charge in [-0.05, 0) is 56.4 Å². The monoisotopic (exact) mass is 351 g/mol. The first-order valence-corrected chi connectivity index (χ1v) is 8.92. The van der Waals surface area contributed by atoms with E-state index in [0.29, 0.717) is 19.4 Å². The number of nitrogens with one attached hydrogen (secondary N) is 1. The van der Waals surface area contributed by atoms with Gasteiger partial charge >= 0.3 is 0 Å². The van der Waals surface area contributed by atoms with Gasteiger partial charge in [0.05, 0.1) is 5.69 Å². The molecule has 3 heterocycles. The third-order valence-electron chi connectivity index (χ3n) is 4.79. The zero-order valence-corrected chi connectivity index (χ0v) is 15.8. The Morgan fingerprint density at radius 3 is 2.73 bits per heavy atom. The number of fused-ring (bicyclic) bond motifs is 1. The van der Waals surface area contributed by atoms with Gasteiger partial charge in [0.15, 0.2) is 5.65 Å². The predicted octanol–water partition coefficient (Wildman–Crippen LogP) is 2.58. The van der Waals surface area contributed by atoms with Crippen molar-refractivity contribution in [1.82, 2.24) is 25.1 Å². The summed E-state index contributed by atoms with van der Waals surface area (Å²) in [6, 6.07) is 3.93. The Balaban J connectivity index is 1.62. The van der Waals surface area contributed by atoms with Crippen molar-refractivity contribution in [1.29, 1.82) is 0 Å². The molecule has 1 amide bonds. The number of carbonyl (C=O) groups is 1. The average Bonchev–Trinajstić information content (AvgIpc) is 2.89. The maximum Gasteiger partial charge on any atom is 0.220 e. The van der Waals surface area contributed by atoms with Gasteiger partial charge in [0.2, 0.25) is 5.91 Å². The van der Waals surface area contributed by atoms with Crippen LogP contribution in [-0.2, 0) is 24.7 Å². The van der Waals surface area contributed by atoms with Gasteiger partial charge < -0.3 is 5.32 Å². The number of pyridine rings is 2. The summed E-state index contributed by atoms with van der Waals surface area (Å²) in [6.45, 7) is 6.73. The Morgan fingerprint density at radius 1 is 1.19 bits per heavy atom. The number of nitrogens with zero attached hydrogens (tertiary/aromatic N) is 4. The van der Waals surface area contributed by atoms with Crippen LogP contribution in [0, 0.1) is 20.8 Å². The highest BCUT2D eigenvalue weighted by Gasteiger charge is 2.16. The molecule has 3 aromatic rings. The van der Waals surface area contributed by atoms with Crippen molar-refractivity contribution in [3.63, 3.8) is 0 Å². The highest BCUT2D eigenvalue weighted by molar-refractivity contribution is 5.84. The molecular weight excluding hydrogens is 326 g/mol. The number of amides is 1. The lowest BCUT2D eigenvalue weighted by atomic mass is 9.99. The lowest BCUT2D eigenvalue weighted by Crippen LogP contribution is -2.26. The van der Waals surface area contributed by atoms with E-state index in [1.807, 2.05) is 43.9 Å². The quantitative estimate of drug-likeness (QED) is 0.741. The van der Waals surface area contributed by atoms with E-state index >= 15 is 0 Å². The molecule has 136 valence electrons. The van der Waals surface area contributed by atoms with Crippen LogP contribution in [0.4, 0.5) is 0 Å². The lowest BCUT2D eigenvalue weighted by molar-refractivity contribution is -0.121. The van der Waals surface area contributed by atoms with Gasteiger partial charge in [-0.3, -0.25) is 14.5 Å². The van der Waals surface area contributed by atoms with Gasteiger partial charge in [0.25, 0.3) is 0 Å². The van der Waals surface area contributed by atoms with E-state index in [1.165, 1.54) is 5.56 Å². The second-order valence-electron chi connectivity index (χ2n) is 6.67. The van der Waals surface area contributed by atoms with Crippen LogP contribution in [0.2, 0.25) is 0 Å². The number of hydrogen-bond donors (Lipinski definition) is 1. The zero-order valence-electron chi connectivity index (χ0n) is 15.8. The minimum absolute atomic E-state index is 0.0655. The maximum atomic E-state index is 12.2. The number of rotatable bonds is 6. The van der Waals surface area contributed by atoms with Gasteiger partial charge in [-0.25, -0.2) is 4.98 Å². The number of carbonyl (C=O) groups excluding carboxylic acids is 1. The van der Waals surface area contributed by atoms with Gasteiger partial charge in [0, 0.05) is 43.5 Å². The fourth-order valence-corrected chi connectivity index (χ4v) is 3.45. The van der Waals surface area contributed by atoms with Crippen LogP contribution < -0.4 is 5.32 Å². The molecule has 1 N–H and O–H groups in total. The third-order valence-corrected chi connectivity index (χ3v) is 4.79. The fourth-order valence-electron chi connectivity index (χ4n) is 3.45. The predicted molar refractivity (Wildman–Crippen MR) is 102 cm³/mol. The van der Waals surface area contributed by atoms with E-state index in [4.69, 9.17) is 4.98 Å². The summed E-state index contributed by atoms with van der Waals surface area (Å²) in [4.78, 5) is 21.0. The molecule has 0 aliphatic heterocycles. The third kappa shape index (κ3) is 3.74. The smallest absolute Gasteiger partial charge is 0.220 e. The molecule has 26 heavy (non-hydrogen) atoms. The first-order valence-electron chi connectivity index (χ1n) is 8.92. The second-order valence-corrected chi connectivity index (χ2v) is 6.67. The van der Waals surface area contributed by atoms with E-state index in [0.717, 1.165) is 40.0 Å². The summed E-state index contributed by atoms with van der Waals surface area (Å²) in [5.74, 6) is 0.0655. The second kappa shape index (κ2) is 7.64. The van der Waals surface area contributed by atoms with Crippen molar-refractivity contribution in [3.8, 4) is 0 Å². The van der Waals surface area contributed by atoms with Gasteiger partial charge in [-0.2, -0.15) is 5.10 Å². The highest BCUT2D eigenvalue weighted by Crippen LogP contribution is 2.25. The van der Waals surface area contributed by atoms with Crippen LogP contribution >= 0.6 is 0 Å². The molecule has 0 unspecified atom stereocenters. The number of aryl methyl sites for hydroxylation is 4. The normalized spacial score (nSPS) is 11.1. The van der Waals surface area contributed by atoms with Crippen LogP contribution in [0.5, 0.6) is 0 Å². The summed E-state index contributed by atoms with van der Waals surface area (Å²) >= 11 is 0. The summed E-state index contributed by atoms with van der Waals surface area (Å²) in [5, 5.41) is 8.56. The Labute approximate surface area is 153 Å². The van der Waals surface area contributed by atoms with Crippen LogP contribution in [-0.4, -0.2) is 32.2 Å². The van der Waals surface area contributed by atoms with E-state index < -0.39 is 0 Å². The van der Waals surface area contributed by atoms with Gasteiger partial charge in [0.1, 0.15) is 0 Å². The SMILES string of the molecule is Cc1nc2c(c(C)nn2C)c(C)c1CCC(=O)NCCc1cccnc1. The van der Waals surface area contributed by atoms with Gasteiger partial charge in [-0.1, -0.05) is 6.07 Å². The molecular formula is C20H25N5O. The molecule has 0 spiro atoms. The van der Waals surface area contributed by atoms with Crippen molar-refractivity contribution < 1.29 is 4.79 Å². The molecule has 6 nitrogen and oxygen atoms in total. The summed E-state index contributed by atoms with van der Waals surface area (Å²) in [6.07, 6.45) is 5.52. The molecule has 0 aliphatic carbocycles. The molecule has 0 aromatic carbocycles. The molecule has 0 bridgehead atoms. The summed E-state index contributed by atoms with van der Waals surface area (Å²) < 4.78 is 1.82. The Hall–Kier alpha value is -2.76. The molecule has 3 rings (SSSR count). The van der Waals surface area contributed by atoms with Crippen LogP contribution in [0.25, 0.3) is 11.0 Å². The largest absolute Gasteiger partial charge is 0.356 e. The van der Waals surface area contributed by atoms with Crippen molar-refractivity contribution in [3.05, 3.63) is 52.6 Å². The molecule has 0 fully saturated rings. The summed E-state index contributed by atoms with van der Waals surface area (Å²) in [7, 11) is 1.91. The standard InChI is InChI=1S/C20H25N5O/c1-13-17(14(2)23-20-19(13)15(3)24-25(20)4)7-8-18(26)22-11-9-16-6-5-10-21-12-16/h5-6,10,12H,7-9,11H2,1-4H3,(H,22,26). The van der Waals surface area contributed by atoms with Crippen molar-refractivity contribution in [2.24, 2.45) is 7.05 Å². The highest BCUT2D eigenvalue weighted by atomic mass is 16.1. The van der Waals surface area contributed by atoms with Gasteiger partial charge in [-0.15, -0.1) is 0 Å². The van der Waals surface area contributed by atoms with E-state index in [9.17, 15) is 4.79 Å². The van der Waals surface area contributed by atoms with Crippen LogP contribution in [0.1, 0.15) is 34.5 Å². The minimum atomic E-state index is 0.0655. The van der Waals surface area contributed by atoms with Crippen LogP contribution in [0.15, 0.2) is 24.5 Å². The fraction of sp³-hybridized carbons (Fsp3) is 0.400. The molecule has 0 aliphatic rings. The van der Waals surface area contributed by atoms with Crippen molar-refractivity contribution >= 4 is 16.9 Å². The Kier molecular flexibility index (Phi) is 5.30. The van der Waals surface area contributed by atoms with Crippen molar-refractivity contribution in [2.75, 3.05) is 6.54 Å². The average molecular weight is 351 g/mol.